The van der Waals surface area contributed by atoms with Crippen molar-refractivity contribution in [3.8, 4) is 6.07 Å². The molecule has 0 radical (unpaired) electrons. The fourth-order valence-electron chi connectivity index (χ4n) is 5.95. The average Bonchev–Trinajstić information content (AvgIpc) is 3.19. The Bertz CT molecular complexity index is 1430. The molecule has 2 aliphatic rings. The number of likely N-dealkylation sites (tertiary alicyclic amines) is 1. The molecule has 2 aromatic carbocycles. The zero-order valence-electron chi connectivity index (χ0n) is 22.2. The molecular weight excluding hydrogens is 559 g/mol. The van der Waals surface area contributed by atoms with Crippen molar-refractivity contribution in [2.45, 2.75) is 45.1 Å². The molecule has 1 unspecified atom stereocenters. The summed E-state index contributed by atoms with van der Waals surface area (Å²) in [6, 6.07) is 10.2. The Kier molecular flexibility index (Phi) is 8.30. The van der Waals surface area contributed by atoms with Gasteiger partial charge in [0.15, 0.2) is 0 Å². The number of halogens is 4. The van der Waals surface area contributed by atoms with E-state index in [-0.39, 0.29) is 39.6 Å². The summed E-state index contributed by atoms with van der Waals surface area (Å²) in [5, 5.41) is 22.8. The maximum atomic E-state index is 15.8. The largest absolute Gasteiger partial charge is 0.478 e. The summed E-state index contributed by atoms with van der Waals surface area (Å²) < 4.78 is 31.4. The van der Waals surface area contributed by atoms with E-state index in [4.69, 9.17) is 23.2 Å². The third-order valence-electron chi connectivity index (χ3n) is 7.52. The fraction of sp³-hybridized carbons (Fsp3) is 0.367. The minimum absolute atomic E-state index is 0.0400. The van der Waals surface area contributed by atoms with Crippen LogP contribution in [0.2, 0.25) is 5.02 Å². The van der Waals surface area contributed by atoms with Gasteiger partial charge in [0.05, 0.1) is 22.7 Å². The number of carbonyl (C=O) groups is 2. The molecule has 4 atom stereocenters. The second kappa shape index (κ2) is 11.2. The summed E-state index contributed by atoms with van der Waals surface area (Å²) in [5.74, 6) is -4.10. The van der Waals surface area contributed by atoms with E-state index in [1.807, 2.05) is 20.8 Å². The van der Waals surface area contributed by atoms with Gasteiger partial charge in [0.1, 0.15) is 17.1 Å². The predicted molar refractivity (Wildman–Crippen MR) is 150 cm³/mol. The van der Waals surface area contributed by atoms with Crippen LogP contribution in [-0.2, 0) is 5.41 Å². The van der Waals surface area contributed by atoms with Crippen molar-refractivity contribution in [1.29, 1.82) is 5.26 Å². The summed E-state index contributed by atoms with van der Waals surface area (Å²) in [6.07, 6.45) is 3.68. The topological polar surface area (TPSA) is 93.4 Å². The molecule has 10 heteroatoms. The third kappa shape index (κ3) is 5.59. The number of anilines is 1. The highest BCUT2D eigenvalue weighted by molar-refractivity contribution is 6.31. The van der Waals surface area contributed by atoms with Gasteiger partial charge < -0.3 is 15.3 Å². The van der Waals surface area contributed by atoms with Gasteiger partial charge in [0.2, 0.25) is 0 Å². The van der Waals surface area contributed by atoms with Gasteiger partial charge >= 0.3 is 12.0 Å². The van der Waals surface area contributed by atoms with Gasteiger partial charge in [-0.2, -0.15) is 5.26 Å². The van der Waals surface area contributed by atoms with Crippen LogP contribution in [0.15, 0.2) is 65.5 Å². The van der Waals surface area contributed by atoms with Gasteiger partial charge in [-0.15, -0.1) is 0 Å². The second-order valence-corrected chi connectivity index (χ2v) is 12.3. The molecule has 1 heterocycles. The molecule has 2 N–H and O–H groups in total. The molecule has 1 fully saturated rings. The lowest BCUT2D eigenvalue weighted by atomic mass is 9.62. The molecule has 4 rings (SSSR count). The quantitative estimate of drug-likeness (QED) is 0.371. The number of benzene rings is 2. The Labute approximate surface area is 241 Å². The van der Waals surface area contributed by atoms with Crippen LogP contribution < -0.4 is 5.32 Å². The zero-order chi connectivity index (χ0) is 29.4. The highest BCUT2D eigenvalue weighted by Gasteiger charge is 2.61. The van der Waals surface area contributed by atoms with Gasteiger partial charge in [0.25, 0.3) is 0 Å². The Morgan fingerprint density at radius 2 is 1.85 bits per heavy atom. The number of aromatic carboxylic acids is 1. The van der Waals surface area contributed by atoms with Crippen LogP contribution in [0.1, 0.15) is 49.5 Å². The SMILES string of the molecule is CC(C)(C)C[C@H]1CN(C(=O)Nc2ccc(C(=O)O)cc2)[C@@H](C2CC=CC(Cl)=C2F)[C@]1(C#N)c1ccc(Cl)cc1F. The summed E-state index contributed by atoms with van der Waals surface area (Å²) >= 11 is 12.2. The second-order valence-electron chi connectivity index (χ2n) is 11.4. The molecule has 0 bridgehead atoms. The van der Waals surface area contributed by atoms with Crippen LogP contribution in [0, 0.1) is 34.4 Å². The number of urea groups is 1. The van der Waals surface area contributed by atoms with Crippen LogP contribution in [0.4, 0.5) is 19.3 Å². The summed E-state index contributed by atoms with van der Waals surface area (Å²) in [7, 11) is 0. The predicted octanol–water partition coefficient (Wildman–Crippen LogP) is 7.90. The Morgan fingerprint density at radius 1 is 1.18 bits per heavy atom. The fourth-order valence-corrected chi connectivity index (χ4v) is 6.34. The first kappa shape index (κ1) is 29.6. The molecule has 1 saturated heterocycles. The van der Waals surface area contributed by atoms with E-state index >= 15 is 8.78 Å². The summed E-state index contributed by atoms with van der Waals surface area (Å²) in [6.45, 7) is 5.99. The lowest BCUT2D eigenvalue weighted by Crippen LogP contribution is -2.52. The highest BCUT2D eigenvalue weighted by atomic mass is 35.5. The lowest BCUT2D eigenvalue weighted by molar-refractivity contribution is 0.0697. The van der Waals surface area contributed by atoms with Crippen LogP contribution in [-0.4, -0.2) is 34.6 Å². The molecule has 1 aliphatic carbocycles. The van der Waals surface area contributed by atoms with E-state index in [0.717, 1.165) is 6.07 Å². The van der Waals surface area contributed by atoms with Crippen molar-refractivity contribution in [1.82, 2.24) is 4.90 Å². The van der Waals surface area contributed by atoms with Gasteiger partial charge in [-0.3, -0.25) is 0 Å². The van der Waals surface area contributed by atoms with E-state index in [2.05, 4.69) is 11.4 Å². The summed E-state index contributed by atoms with van der Waals surface area (Å²) in [5.41, 5.74) is -1.57. The number of carbonyl (C=O) groups excluding carboxylic acids is 1. The van der Waals surface area contributed by atoms with Gasteiger partial charge in [0, 0.05) is 34.7 Å². The van der Waals surface area contributed by atoms with Crippen molar-refractivity contribution in [2.75, 3.05) is 11.9 Å². The standard InChI is InChI=1S/C30H29Cl2F2N3O3/c1-29(2,3)14-18-15-37(28(40)36-20-10-7-17(8-11-20)27(38)39)26(21-5-4-6-23(32)25(21)34)30(18,16-35)22-12-9-19(31)13-24(22)33/h4,6-13,18,21,26H,5,14-15H2,1-3H3,(H,36,40)(H,38,39)/t18-,21?,26-,30-/m0/s1. The first-order valence-electron chi connectivity index (χ1n) is 12.8. The average molecular weight is 588 g/mol. The Morgan fingerprint density at radius 3 is 2.42 bits per heavy atom. The number of amides is 2. The molecule has 2 aromatic rings. The number of nitriles is 1. The Hall–Kier alpha value is -3.41. The molecule has 1 aliphatic heterocycles. The Balaban J connectivity index is 1.88. The van der Waals surface area contributed by atoms with Crippen LogP contribution in [0.25, 0.3) is 0 Å². The highest BCUT2D eigenvalue weighted by Crippen LogP contribution is 2.54. The maximum absolute atomic E-state index is 15.8. The zero-order valence-corrected chi connectivity index (χ0v) is 23.7. The molecule has 0 spiro atoms. The van der Waals surface area contributed by atoms with E-state index < -0.39 is 46.9 Å². The number of hydrogen-bond donors (Lipinski definition) is 2. The van der Waals surface area contributed by atoms with Crippen molar-refractivity contribution in [2.24, 2.45) is 17.3 Å². The molecule has 0 aromatic heterocycles. The maximum Gasteiger partial charge on any atom is 0.335 e. The molecule has 0 saturated carbocycles. The van der Waals surface area contributed by atoms with E-state index in [9.17, 15) is 20.0 Å². The van der Waals surface area contributed by atoms with Crippen molar-refractivity contribution >= 4 is 40.9 Å². The van der Waals surface area contributed by atoms with E-state index in [0.29, 0.717) is 12.1 Å². The molecule has 6 nitrogen and oxygen atoms in total. The van der Waals surface area contributed by atoms with Crippen molar-refractivity contribution < 1.29 is 23.5 Å². The number of allylic oxidation sites excluding steroid dienone is 3. The molecular formula is C30H29Cl2F2N3O3. The van der Waals surface area contributed by atoms with Gasteiger partial charge in [-0.25, -0.2) is 18.4 Å². The third-order valence-corrected chi connectivity index (χ3v) is 8.06. The number of carboxylic acid groups (broad SMARTS) is 1. The first-order chi connectivity index (χ1) is 18.8. The first-order valence-corrected chi connectivity index (χ1v) is 13.5. The van der Waals surface area contributed by atoms with Gasteiger partial charge in [-0.05, 0) is 60.7 Å². The van der Waals surface area contributed by atoms with Crippen molar-refractivity contribution in [3.05, 3.63) is 87.4 Å². The number of carboxylic acids is 1. The van der Waals surface area contributed by atoms with E-state index in [1.165, 1.54) is 47.4 Å². The minimum Gasteiger partial charge on any atom is -0.478 e. The summed E-state index contributed by atoms with van der Waals surface area (Å²) in [4.78, 5) is 26.5. The number of hydrogen-bond acceptors (Lipinski definition) is 3. The molecule has 40 heavy (non-hydrogen) atoms. The van der Waals surface area contributed by atoms with Gasteiger partial charge in [-0.1, -0.05) is 56.1 Å². The number of rotatable bonds is 5. The van der Waals surface area contributed by atoms with Crippen molar-refractivity contribution in [3.63, 3.8) is 0 Å². The smallest absolute Gasteiger partial charge is 0.335 e. The minimum atomic E-state index is -1.64. The number of nitrogens with one attached hydrogen (secondary N) is 1. The molecule has 210 valence electrons. The normalized spacial score (nSPS) is 24.6. The monoisotopic (exact) mass is 587 g/mol. The van der Waals surface area contributed by atoms with Crippen LogP contribution >= 0.6 is 23.2 Å². The van der Waals surface area contributed by atoms with Crippen LogP contribution in [0.3, 0.4) is 0 Å². The van der Waals surface area contributed by atoms with E-state index in [1.54, 1.807) is 6.08 Å². The lowest BCUT2D eigenvalue weighted by Gasteiger charge is -2.41. The number of nitrogens with zero attached hydrogens (tertiary/aromatic N) is 2. The molecule has 2 amide bonds. The van der Waals surface area contributed by atoms with Crippen LogP contribution in [0.5, 0.6) is 0 Å².